The number of rotatable bonds is 8. The van der Waals surface area contributed by atoms with Crippen molar-refractivity contribution in [3.8, 4) is 11.3 Å². The summed E-state index contributed by atoms with van der Waals surface area (Å²) in [4.78, 5) is 44.1. The van der Waals surface area contributed by atoms with E-state index in [0.717, 1.165) is 48.8 Å². The van der Waals surface area contributed by atoms with Crippen molar-refractivity contribution >= 4 is 29.0 Å². The molecule has 6 rings (SSSR count). The maximum Gasteiger partial charge on any atom is 0.210 e. The van der Waals surface area contributed by atoms with Crippen LogP contribution in [0.1, 0.15) is 97.2 Å². The SMILES string of the molecule is Cc1ccc(C(=O)c2c(C(=O)c3ccc(C)cc3)c(-c3ccccc3)n(C3CCCCC3)c2C(=O)c2ccc(Cl)cc2)cc1. The molecule has 0 aliphatic heterocycles. The highest BCUT2D eigenvalue weighted by Crippen LogP contribution is 2.42. The van der Waals surface area contributed by atoms with Crippen molar-refractivity contribution < 1.29 is 14.4 Å². The number of nitrogens with zero attached hydrogens (tertiary/aromatic N) is 1. The molecule has 0 spiro atoms. The number of hydrogen-bond donors (Lipinski definition) is 0. The van der Waals surface area contributed by atoms with E-state index in [4.69, 9.17) is 11.6 Å². The quantitative estimate of drug-likeness (QED) is 0.167. The molecule has 0 radical (unpaired) electrons. The van der Waals surface area contributed by atoms with Crippen LogP contribution in [0.4, 0.5) is 0 Å². The zero-order valence-electron chi connectivity index (χ0n) is 25.0. The average Bonchev–Trinajstić information content (AvgIpc) is 3.42. The number of aromatic nitrogens is 1. The van der Waals surface area contributed by atoms with Gasteiger partial charge in [-0.25, -0.2) is 0 Å². The lowest BCUT2D eigenvalue weighted by Gasteiger charge is -2.28. The second kappa shape index (κ2) is 12.6. The summed E-state index contributed by atoms with van der Waals surface area (Å²) in [5.41, 5.74) is 5.46. The summed E-state index contributed by atoms with van der Waals surface area (Å²) in [6.45, 7) is 3.93. The maximum absolute atomic E-state index is 14.7. The van der Waals surface area contributed by atoms with E-state index in [0.29, 0.717) is 27.4 Å². The number of carbonyl (C=O) groups is 3. The molecule has 4 nitrogen and oxygen atoms in total. The first kappa shape index (κ1) is 29.5. The fourth-order valence-corrected chi connectivity index (χ4v) is 6.40. The third kappa shape index (κ3) is 5.70. The molecule has 1 aliphatic rings. The Kier molecular flexibility index (Phi) is 8.45. The molecule has 0 saturated heterocycles. The summed E-state index contributed by atoms with van der Waals surface area (Å²) >= 11 is 6.20. The molecule has 5 aromatic rings. The number of ketones is 3. The maximum atomic E-state index is 14.7. The van der Waals surface area contributed by atoms with Gasteiger partial charge >= 0.3 is 0 Å². The number of halogens is 1. The van der Waals surface area contributed by atoms with E-state index in [2.05, 4.69) is 0 Å². The summed E-state index contributed by atoms with van der Waals surface area (Å²) in [5.74, 6) is -0.925. The molecular formula is C39H34ClNO3. The summed E-state index contributed by atoms with van der Waals surface area (Å²) in [5, 5.41) is 0.514. The highest BCUT2D eigenvalue weighted by molar-refractivity contribution is 6.31. The Balaban J connectivity index is 1.74. The van der Waals surface area contributed by atoms with Gasteiger partial charge in [0.2, 0.25) is 5.78 Å². The second-order valence-corrected chi connectivity index (χ2v) is 12.1. The van der Waals surface area contributed by atoms with Crippen molar-refractivity contribution in [2.24, 2.45) is 0 Å². The van der Waals surface area contributed by atoms with E-state index in [1.165, 1.54) is 0 Å². The molecule has 1 heterocycles. The molecule has 0 N–H and O–H groups in total. The minimum Gasteiger partial charge on any atom is -0.333 e. The van der Waals surface area contributed by atoms with Gasteiger partial charge in [0.15, 0.2) is 11.6 Å². The minimum atomic E-state index is -0.343. The van der Waals surface area contributed by atoms with Gasteiger partial charge in [0.25, 0.3) is 0 Å². The molecule has 5 heteroatoms. The Hall–Kier alpha value is -4.54. The van der Waals surface area contributed by atoms with E-state index in [1.807, 2.05) is 73.0 Å². The molecule has 0 atom stereocenters. The minimum absolute atomic E-state index is 0.0469. The van der Waals surface area contributed by atoms with Crippen molar-refractivity contribution in [2.75, 3.05) is 0 Å². The molecule has 220 valence electrons. The van der Waals surface area contributed by atoms with Crippen molar-refractivity contribution in [1.82, 2.24) is 4.57 Å². The lowest BCUT2D eigenvalue weighted by molar-refractivity contribution is 0.0988. The van der Waals surface area contributed by atoms with Gasteiger partial charge in [0.05, 0.1) is 16.8 Å². The molecule has 0 unspecified atom stereocenters. The molecule has 1 fully saturated rings. The predicted molar refractivity (Wildman–Crippen MR) is 176 cm³/mol. The normalized spacial score (nSPS) is 13.5. The highest BCUT2D eigenvalue weighted by atomic mass is 35.5. The van der Waals surface area contributed by atoms with Crippen LogP contribution >= 0.6 is 11.6 Å². The zero-order chi connectivity index (χ0) is 30.8. The van der Waals surface area contributed by atoms with E-state index < -0.39 is 0 Å². The van der Waals surface area contributed by atoms with Gasteiger partial charge in [-0.15, -0.1) is 0 Å². The Bertz CT molecular complexity index is 1830. The lowest BCUT2D eigenvalue weighted by Crippen LogP contribution is -2.21. The topological polar surface area (TPSA) is 56.1 Å². The molecule has 44 heavy (non-hydrogen) atoms. The van der Waals surface area contributed by atoms with Gasteiger partial charge in [-0.3, -0.25) is 14.4 Å². The number of carbonyl (C=O) groups excluding carboxylic acids is 3. The van der Waals surface area contributed by atoms with Crippen molar-refractivity contribution in [1.29, 1.82) is 0 Å². The van der Waals surface area contributed by atoms with Crippen LogP contribution in [-0.4, -0.2) is 21.9 Å². The fourth-order valence-electron chi connectivity index (χ4n) is 6.27. The van der Waals surface area contributed by atoms with Crippen LogP contribution in [0.2, 0.25) is 5.02 Å². The average molecular weight is 600 g/mol. The van der Waals surface area contributed by atoms with Gasteiger partial charge in [-0.1, -0.05) is 121 Å². The van der Waals surface area contributed by atoms with Gasteiger partial charge < -0.3 is 4.57 Å². The standard InChI is InChI=1S/C39H34ClNO3/c1-25-13-17-28(18-14-25)37(42)33-34(38(43)29-19-15-26(2)16-20-29)36(39(44)30-21-23-31(40)24-22-30)41(32-11-7-4-8-12-32)35(33)27-9-5-3-6-10-27/h3,5-6,9-10,13-24,32H,4,7-8,11-12H2,1-2H3. The second-order valence-electron chi connectivity index (χ2n) is 11.7. The Morgan fingerprint density at radius 3 is 1.61 bits per heavy atom. The molecule has 1 saturated carbocycles. The summed E-state index contributed by atoms with van der Waals surface area (Å²) in [6.07, 6.45) is 4.84. The molecular weight excluding hydrogens is 566 g/mol. The summed E-state index contributed by atoms with van der Waals surface area (Å²) < 4.78 is 2.04. The van der Waals surface area contributed by atoms with E-state index in [-0.39, 0.29) is 40.2 Å². The first-order chi connectivity index (χ1) is 21.3. The van der Waals surface area contributed by atoms with Crippen LogP contribution in [-0.2, 0) is 0 Å². The molecule has 0 amide bonds. The summed E-state index contributed by atoms with van der Waals surface area (Å²) in [6, 6.07) is 31.1. The Morgan fingerprint density at radius 1 is 0.591 bits per heavy atom. The van der Waals surface area contributed by atoms with Crippen LogP contribution < -0.4 is 0 Å². The van der Waals surface area contributed by atoms with Gasteiger partial charge in [0.1, 0.15) is 5.69 Å². The van der Waals surface area contributed by atoms with Crippen molar-refractivity contribution in [3.05, 3.63) is 153 Å². The summed E-state index contributed by atoms with van der Waals surface area (Å²) in [7, 11) is 0. The number of hydrogen-bond acceptors (Lipinski definition) is 3. The number of benzene rings is 4. The van der Waals surface area contributed by atoms with E-state index in [1.54, 1.807) is 48.5 Å². The molecule has 1 aromatic heterocycles. The van der Waals surface area contributed by atoms with Crippen LogP contribution in [0.5, 0.6) is 0 Å². The molecule has 0 bridgehead atoms. The van der Waals surface area contributed by atoms with E-state index in [9.17, 15) is 14.4 Å². The first-order valence-corrected chi connectivity index (χ1v) is 15.6. The monoisotopic (exact) mass is 599 g/mol. The highest BCUT2D eigenvalue weighted by Gasteiger charge is 2.38. The van der Waals surface area contributed by atoms with E-state index >= 15 is 0 Å². The third-order valence-corrected chi connectivity index (χ3v) is 8.85. The zero-order valence-corrected chi connectivity index (χ0v) is 25.7. The third-order valence-electron chi connectivity index (χ3n) is 8.60. The number of aryl methyl sites for hydroxylation is 2. The van der Waals surface area contributed by atoms with Crippen LogP contribution in [0, 0.1) is 13.8 Å². The van der Waals surface area contributed by atoms with Crippen LogP contribution in [0.15, 0.2) is 103 Å². The van der Waals surface area contributed by atoms with Crippen LogP contribution in [0.25, 0.3) is 11.3 Å². The Morgan fingerprint density at radius 2 is 1.07 bits per heavy atom. The van der Waals surface area contributed by atoms with Crippen molar-refractivity contribution in [3.63, 3.8) is 0 Å². The van der Waals surface area contributed by atoms with Crippen LogP contribution in [0.3, 0.4) is 0 Å². The van der Waals surface area contributed by atoms with Gasteiger partial charge in [-0.05, 0) is 56.5 Å². The lowest BCUT2D eigenvalue weighted by atomic mass is 9.90. The molecule has 1 aliphatic carbocycles. The first-order valence-electron chi connectivity index (χ1n) is 15.2. The predicted octanol–water partition coefficient (Wildman–Crippen LogP) is 9.62. The van der Waals surface area contributed by atoms with Gasteiger partial charge in [-0.2, -0.15) is 0 Å². The largest absolute Gasteiger partial charge is 0.333 e. The van der Waals surface area contributed by atoms with Crippen molar-refractivity contribution in [2.45, 2.75) is 52.0 Å². The Labute approximate surface area is 263 Å². The smallest absolute Gasteiger partial charge is 0.210 e. The molecule has 4 aromatic carbocycles. The fraction of sp³-hybridized carbons (Fsp3) is 0.205. The van der Waals surface area contributed by atoms with Gasteiger partial charge in [0, 0.05) is 27.8 Å².